The molecule has 2 rings (SSSR count). The van der Waals surface area contributed by atoms with Crippen molar-refractivity contribution in [2.45, 2.75) is 13.3 Å². The maximum absolute atomic E-state index is 11.1. The van der Waals surface area contributed by atoms with Crippen LogP contribution in [0.15, 0.2) is 30.5 Å². The molecule has 0 bridgehead atoms. The molecule has 2 aromatic rings. The largest absolute Gasteiger partial charge is 0.354 e. The Kier molecular flexibility index (Phi) is 4.41. The summed E-state index contributed by atoms with van der Waals surface area (Å²) in [5.41, 5.74) is 0.948. The van der Waals surface area contributed by atoms with E-state index in [0.29, 0.717) is 23.6 Å². The third kappa shape index (κ3) is 3.30. The topological polar surface area (TPSA) is 105 Å². The van der Waals surface area contributed by atoms with E-state index in [2.05, 4.69) is 15.3 Å². The van der Waals surface area contributed by atoms with Gasteiger partial charge in [0, 0.05) is 12.1 Å². The molecule has 1 heterocycles. The van der Waals surface area contributed by atoms with Gasteiger partial charge in [-0.3, -0.25) is 10.1 Å². The highest BCUT2D eigenvalue weighted by Gasteiger charge is 2.19. The van der Waals surface area contributed by atoms with Gasteiger partial charge < -0.3 is 5.32 Å². The minimum absolute atomic E-state index is 0.188. The molecule has 0 aliphatic rings. The van der Waals surface area contributed by atoms with E-state index in [-0.39, 0.29) is 11.4 Å². The molecule has 0 saturated heterocycles. The minimum Gasteiger partial charge on any atom is -0.354 e. The van der Waals surface area contributed by atoms with Crippen LogP contribution in [-0.2, 0) is 0 Å². The highest BCUT2D eigenvalue weighted by molar-refractivity contribution is 5.71. The fourth-order valence-corrected chi connectivity index (χ4v) is 1.78. The van der Waals surface area contributed by atoms with Gasteiger partial charge in [-0.15, -0.1) is 0 Å². The first-order valence-electron chi connectivity index (χ1n) is 6.41. The number of hydrogen-bond donors (Lipinski definition) is 1. The van der Waals surface area contributed by atoms with Crippen LogP contribution in [0.25, 0.3) is 11.3 Å². The lowest BCUT2D eigenvalue weighted by molar-refractivity contribution is -0.384. The maximum atomic E-state index is 11.1. The van der Waals surface area contributed by atoms with Gasteiger partial charge in [0.1, 0.15) is 6.20 Å². The predicted molar refractivity (Wildman–Crippen MR) is 77.6 cm³/mol. The first-order chi connectivity index (χ1) is 10.2. The SMILES string of the molecule is CCCNc1ncc([N+](=O)[O-])c(-c2cccc(C#N)c2)n1. The number of nitrogens with zero attached hydrogens (tertiary/aromatic N) is 4. The van der Waals surface area contributed by atoms with Crippen molar-refractivity contribution in [1.29, 1.82) is 5.26 Å². The molecule has 7 nitrogen and oxygen atoms in total. The molecule has 0 atom stereocenters. The van der Waals surface area contributed by atoms with Gasteiger partial charge in [0.15, 0.2) is 5.69 Å². The molecule has 7 heteroatoms. The van der Waals surface area contributed by atoms with Crippen molar-refractivity contribution in [2.75, 3.05) is 11.9 Å². The molecule has 1 aromatic heterocycles. The van der Waals surface area contributed by atoms with Gasteiger partial charge in [0.25, 0.3) is 0 Å². The summed E-state index contributed by atoms with van der Waals surface area (Å²) in [6.07, 6.45) is 2.07. The lowest BCUT2D eigenvalue weighted by atomic mass is 10.1. The van der Waals surface area contributed by atoms with E-state index in [9.17, 15) is 10.1 Å². The van der Waals surface area contributed by atoms with Crippen LogP contribution >= 0.6 is 0 Å². The van der Waals surface area contributed by atoms with Crippen LogP contribution in [0.5, 0.6) is 0 Å². The average Bonchev–Trinajstić information content (AvgIpc) is 2.52. The van der Waals surface area contributed by atoms with Crippen LogP contribution in [-0.4, -0.2) is 21.4 Å². The Hall–Kier alpha value is -3.01. The van der Waals surface area contributed by atoms with Crippen molar-refractivity contribution in [3.8, 4) is 17.3 Å². The normalized spacial score (nSPS) is 9.90. The molecule has 1 aromatic carbocycles. The Labute approximate surface area is 121 Å². The molecule has 1 N–H and O–H groups in total. The van der Waals surface area contributed by atoms with Crippen molar-refractivity contribution < 1.29 is 4.92 Å². The molecular weight excluding hydrogens is 270 g/mol. The molecule has 0 radical (unpaired) electrons. The zero-order valence-corrected chi connectivity index (χ0v) is 11.4. The second kappa shape index (κ2) is 6.43. The average molecular weight is 283 g/mol. The highest BCUT2D eigenvalue weighted by atomic mass is 16.6. The van der Waals surface area contributed by atoms with Gasteiger partial charge in [-0.05, 0) is 18.6 Å². The van der Waals surface area contributed by atoms with Crippen molar-refractivity contribution in [2.24, 2.45) is 0 Å². The third-order valence-electron chi connectivity index (χ3n) is 2.76. The first-order valence-corrected chi connectivity index (χ1v) is 6.41. The molecule has 0 fully saturated rings. The summed E-state index contributed by atoms with van der Waals surface area (Å²) in [6.45, 7) is 2.67. The molecule has 21 heavy (non-hydrogen) atoms. The zero-order chi connectivity index (χ0) is 15.2. The predicted octanol–water partition coefficient (Wildman–Crippen LogP) is 2.75. The summed E-state index contributed by atoms with van der Waals surface area (Å²) in [7, 11) is 0. The van der Waals surface area contributed by atoms with Gasteiger partial charge in [0.05, 0.1) is 16.6 Å². The summed E-state index contributed by atoms with van der Waals surface area (Å²) in [4.78, 5) is 18.7. The van der Waals surface area contributed by atoms with Crippen LogP contribution in [0.4, 0.5) is 11.6 Å². The molecule has 0 unspecified atom stereocenters. The Morgan fingerprint density at radius 2 is 2.29 bits per heavy atom. The zero-order valence-electron chi connectivity index (χ0n) is 11.4. The summed E-state index contributed by atoms with van der Waals surface area (Å²) >= 11 is 0. The molecule has 0 spiro atoms. The van der Waals surface area contributed by atoms with E-state index < -0.39 is 4.92 Å². The molecule has 0 saturated carbocycles. The Balaban J connectivity index is 2.52. The number of nitro groups is 1. The number of rotatable bonds is 5. The summed E-state index contributed by atoms with van der Waals surface area (Å²) in [6, 6.07) is 8.55. The van der Waals surface area contributed by atoms with Gasteiger partial charge in [-0.1, -0.05) is 19.1 Å². The van der Waals surface area contributed by atoms with Gasteiger partial charge in [0.2, 0.25) is 5.95 Å². The van der Waals surface area contributed by atoms with E-state index in [1.54, 1.807) is 24.3 Å². The van der Waals surface area contributed by atoms with Gasteiger partial charge >= 0.3 is 5.69 Å². The second-order valence-corrected chi connectivity index (χ2v) is 4.30. The molecular formula is C14H13N5O2. The van der Waals surface area contributed by atoms with E-state index in [1.807, 2.05) is 13.0 Å². The van der Waals surface area contributed by atoms with Gasteiger partial charge in [-0.25, -0.2) is 9.97 Å². The molecule has 0 aliphatic heterocycles. The van der Waals surface area contributed by atoms with E-state index >= 15 is 0 Å². The number of benzene rings is 1. The Morgan fingerprint density at radius 1 is 1.48 bits per heavy atom. The maximum Gasteiger partial charge on any atom is 0.313 e. The minimum atomic E-state index is -0.530. The molecule has 106 valence electrons. The summed E-state index contributed by atoms with van der Waals surface area (Å²) in [5.74, 6) is 0.333. The number of nitrogens with one attached hydrogen (secondary N) is 1. The summed E-state index contributed by atoms with van der Waals surface area (Å²) < 4.78 is 0. The fourth-order valence-electron chi connectivity index (χ4n) is 1.78. The van der Waals surface area contributed by atoms with Crippen LogP contribution in [0, 0.1) is 21.4 Å². The Bertz CT molecular complexity index is 709. The van der Waals surface area contributed by atoms with E-state index in [4.69, 9.17) is 5.26 Å². The number of anilines is 1. The number of hydrogen-bond acceptors (Lipinski definition) is 6. The number of aromatic nitrogens is 2. The standard InChI is InChI=1S/C14H13N5O2/c1-2-6-16-14-17-9-12(19(20)21)13(18-14)11-5-3-4-10(7-11)8-15/h3-5,7,9H,2,6H2,1H3,(H,16,17,18). The Morgan fingerprint density at radius 3 is 2.95 bits per heavy atom. The highest BCUT2D eigenvalue weighted by Crippen LogP contribution is 2.28. The second-order valence-electron chi connectivity index (χ2n) is 4.30. The summed E-state index contributed by atoms with van der Waals surface area (Å²) in [5, 5.41) is 23.0. The van der Waals surface area contributed by atoms with Crippen LogP contribution in [0.3, 0.4) is 0 Å². The van der Waals surface area contributed by atoms with Crippen molar-refractivity contribution in [3.05, 3.63) is 46.1 Å². The van der Waals surface area contributed by atoms with Crippen LogP contribution in [0.2, 0.25) is 0 Å². The van der Waals surface area contributed by atoms with Crippen molar-refractivity contribution in [3.63, 3.8) is 0 Å². The van der Waals surface area contributed by atoms with Crippen LogP contribution < -0.4 is 5.32 Å². The lowest BCUT2D eigenvalue weighted by Gasteiger charge is -2.06. The smallest absolute Gasteiger partial charge is 0.313 e. The third-order valence-corrected chi connectivity index (χ3v) is 2.76. The van der Waals surface area contributed by atoms with Gasteiger partial charge in [-0.2, -0.15) is 5.26 Å². The van der Waals surface area contributed by atoms with Crippen molar-refractivity contribution in [1.82, 2.24) is 9.97 Å². The number of nitriles is 1. The van der Waals surface area contributed by atoms with Crippen molar-refractivity contribution >= 4 is 11.6 Å². The molecule has 0 aliphatic carbocycles. The monoisotopic (exact) mass is 283 g/mol. The first kappa shape index (κ1) is 14.4. The quantitative estimate of drug-likeness (QED) is 0.668. The molecule has 0 amide bonds. The van der Waals surface area contributed by atoms with Crippen LogP contribution in [0.1, 0.15) is 18.9 Å². The fraction of sp³-hybridized carbons (Fsp3) is 0.214. The van der Waals surface area contributed by atoms with E-state index in [0.717, 1.165) is 6.42 Å². The lowest BCUT2D eigenvalue weighted by Crippen LogP contribution is -2.06. The van der Waals surface area contributed by atoms with E-state index in [1.165, 1.54) is 6.20 Å².